The molecule has 4 aromatic rings. The van der Waals surface area contributed by atoms with Crippen LogP contribution in [0.3, 0.4) is 0 Å². The first-order chi connectivity index (χ1) is 17.5. The number of rotatable bonds is 11. The molecule has 1 atom stereocenters. The molecule has 0 aliphatic heterocycles. The van der Waals surface area contributed by atoms with Gasteiger partial charge in [0.1, 0.15) is 0 Å². The number of hydrogen-bond donors (Lipinski definition) is 1. The fraction of sp³-hybridized carbons (Fsp3) is 0.290. The van der Waals surface area contributed by atoms with E-state index in [1.807, 2.05) is 44.2 Å². The molecule has 1 aromatic heterocycles. The molecular weight excluding hydrogens is 450 g/mol. The Balaban J connectivity index is 1.38. The first-order valence-electron chi connectivity index (χ1n) is 12.6. The summed E-state index contributed by atoms with van der Waals surface area (Å²) in [6.07, 6.45) is 2.92. The van der Waals surface area contributed by atoms with E-state index in [0.717, 1.165) is 57.7 Å². The Labute approximate surface area is 212 Å². The van der Waals surface area contributed by atoms with Crippen molar-refractivity contribution in [2.75, 3.05) is 6.61 Å². The number of nitrogens with zero attached hydrogens (tertiary/aromatic N) is 1. The van der Waals surface area contributed by atoms with E-state index in [-0.39, 0.29) is 5.97 Å². The summed E-state index contributed by atoms with van der Waals surface area (Å²) in [6, 6.07) is 26.3. The molecule has 4 rings (SSSR count). The zero-order chi connectivity index (χ0) is 25.3. The number of aromatic nitrogens is 1. The Morgan fingerprint density at radius 3 is 2.22 bits per heavy atom. The Morgan fingerprint density at radius 2 is 1.56 bits per heavy atom. The molecule has 1 unspecified atom stereocenters. The van der Waals surface area contributed by atoms with E-state index in [9.17, 15) is 9.90 Å². The second-order valence-corrected chi connectivity index (χ2v) is 8.97. The summed E-state index contributed by atoms with van der Waals surface area (Å²) in [5, 5.41) is 14.7. The van der Waals surface area contributed by atoms with Gasteiger partial charge in [0.25, 0.3) is 0 Å². The van der Waals surface area contributed by atoms with E-state index in [1.165, 1.54) is 0 Å². The van der Waals surface area contributed by atoms with Crippen LogP contribution in [0.5, 0.6) is 0 Å². The summed E-state index contributed by atoms with van der Waals surface area (Å²) in [6.45, 7) is 4.20. The van der Waals surface area contributed by atoms with Crippen LogP contribution in [-0.2, 0) is 22.4 Å². The van der Waals surface area contributed by atoms with Crippen molar-refractivity contribution in [1.29, 1.82) is 0 Å². The molecular formula is C31H33NO4. The van der Waals surface area contributed by atoms with Crippen LogP contribution in [0, 0.1) is 6.92 Å². The molecule has 0 fully saturated rings. The summed E-state index contributed by atoms with van der Waals surface area (Å²) in [7, 11) is 0. The third-order valence-corrected chi connectivity index (χ3v) is 6.43. The number of carbonyl (C=O) groups excluding carboxylic acids is 1. The minimum absolute atomic E-state index is 0.161. The Bertz CT molecular complexity index is 1240. The lowest BCUT2D eigenvalue weighted by atomic mass is 9.97. The normalized spacial score (nSPS) is 11.9. The van der Waals surface area contributed by atoms with Gasteiger partial charge in [-0.25, -0.2) is 0 Å². The number of ether oxygens (including phenoxy) is 1. The van der Waals surface area contributed by atoms with Crippen LogP contribution >= 0.6 is 0 Å². The van der Waals surface area contributed by atoms with E-state index in [1.54, 1.807) is 0 Å². The zero-order valence-corrected chi connectivity index (χ0v) is 20.9. The molecule has 3 aromatic carbocycles. The molecule has 36 heavy (non-hydrogen) atoms. The second kappa shape index (κ2) is 12.3. The SMILES string of the molecule is CCOC(=O)CCc1ccc(-c2ccc(-c3onc(C)c3CCCC(O)c3ccccc3)cc2)cc1. The van der Waals surface area contributed by atoms with Crippen LogP contribution in [0.4, 0.5) is 0 Å². The van der Waals surface area contributed by atoms with Crippen molar-refractivity contribution in [2.45, 2.75) is 52.1 Å². The predicted octanol–water partition coefficient (Wildman–Crippen LogP) is 6.87. The number of hydrogen-bond acceptors (Lipinski definition) is 5. The number of aryl methyl sites for hydroxylation is 2. The van der Waals surface area contributed by atoms with Crippen molar-refractivity contribution in [1.82, 2.24) is 5.16 Å². The van der Waals surface area contributed by atoms with Crippen molar-refractivity contribution < 1.29 is 19.2 Å². The quantitative estimate of drug-likeness (QED) is 0.236. The second-order valence-electron chi connectivity index (χ2n) is 8.97. The minimum atomic E-state index is -0.467. The molecule has 0 aliphatic carbocycles. The third kappa shape index (κ3) is 6.49. The van der Waals surface area contributed by atoms with Gasteiger partial charge in [-0.05, 0) is 61.8 Å². The topological polar surface area (TPSA) is 72.6 Å². The minimum Gasteiger partial charge on any atom is -0.466 e. The van der Waals surface area contributed by atoms with Gasteiger partial charge in [0.05, 0.1) is 18.4 Å². The molecule has 0 saturated carbocycles. The molecule has 0 bridgehead atoms. The molecule has 1 N–H and O–H groups in total. The van der Waals surface area contributed by atoms with Crippen LogP contribution in [0.25, 0.3) is 22.5 Å². The van der Waals surface area contributed by atoms with Gasteiger partial charge in [-0.3, -0.25) is 4.79 Å². The Hall–Kier alpha value is -3.70. The maximum absolute atomic E-state index is 11.6. The average molecular weight is 484 g/mol. The van der Waals surface area contributed by atoms with Crippen molar-refractivity contribution in [3.63, 3.8) is 0 Å². The van der Waals surface area contributed by atoms with Crippen LogP contribution in [0.1, 0.15) is 54.7 Å². The molecule has 0 radical (unpaired) electrons. The molecule has 0 aliphatic rings. The number of carbonyl (C=O) groups is 1. The molecule has 5 nitrogen and oxygen atoms in total. The van der Waals surface area contributed by atoms with E-state index in [0.29, 0.717) is 25.9 Å². The van der Waals surface area contributed by atoms with Crippen LogP contribution in [-0.4, -0.2) is 22.8 Å². The van der Waals surface area contributed by atoms with E-state index in [4.69, 9.17) is 9.26 Å². The monoisotopic (exact) mass is 483 g/mol. The predicted molar refractivity (Wildman–Crippen MR) is 141 cm³/mol. The van der Waals surface area contributed by atoms with Crippen molar-refractivity contribution in [2.24, 2.45) is 0 Å². The highest BCUT2D eigenvalue weighted by molar-refractivity contribution is 5.71. The molecule has 0 saturated heterocycles. The van der Waals surface area contributed by atoms with E-state index in [2.05, 4.69) is 53.7 Å². The highest BCUT2D eigenvalue weighted by Gasteiger charge is 2.16. The smallest absolute Gasteiger partial charge is 0.306 e. The van der Waals surface area contributed by atoms with Gasteiger partial charge in [0.15, 0.2) is 5.76 Å². The summed E-state index contributed by atoms with van der Waals surface area (Å²) in [5.74, 6) is 0.633. The van der Waals surface area contributed by atoms with E-state index < -0.39 is 6.10 Å². The molecule has 0 spiro atoms. The first-order valence-corrected chi connectivity index (χ1v) is 12.6. The van der Waals surface area contributed by atoms with Gasteiger partial charge in [-0.15, -0.1) is 0 Å². The van der Waals surface area contributed by atoms with Crippen LogP contribution < -0.4 is 0 Å². The lowest BCUT2D eigenvalue weighted by Crippen LogP contribution is -2.05. The number of esters is 1. The molecule has 186 valence electrons. The van der Waals surface area contributed by atoms with Crippen molar-refractivity contribution in [3.8, 4) is 22.5 Å². The van der Waals surface area contributed by atoms with Gasteiger partial charge < -0.3 is 14.4 Å². The van der Waals surface area contributed by atoms with Gasteiger partial charge in [-0.1, -0.05) is 84.0 Å². The summed E-state index contributed by atoms with van der Waals surface area (Å²) in [4.78, 5) is 11.6. The Kier molecular flexibility index (Phi) is 8.69. The fourth-order valence-electron chi connectivity index (χ4n) is 4.38. The van der Waals surface area contributed by atoms with Crippen molar-refractivity contribution in [3.05, 3.63) is 101 Å². The molecule has 5 heteroatoms. The van der Waals surface area contributed by atoms with E-state index >= 15 is 0 Å². The van der Waals surface area contributed by atoms with Gasteiger partial charge in [0, 0.05) is 17.5 Å². The Morgan fingerprint density at radius 1 is 0.917 bits per heavy atom. The summed E-state index contributed by atoms with van der Waals surface area (Å²) < 4.78 is 10.7. The molecule has 1 heterocycles. The molecule has 0 amide bonds. The fourth-order valence-corrected chi connectivity index (χ4v) is 4.38. The van der Waals surface area contributed by atoms with Crippen molar-refractivity contribution >= 4 is 5.97 Å². The third-order valence-electron chi connectivity index (χ3n) is 6.43. The summed E-state index contributed by atoms with van der Waals surface area (Å²) in [5.41, 5.74) is 7.26. The number of aliphatic hydroxyl groups is 1. The summed E-state index contributed by atoms with van der Waals surface area (Å²) >= 11 is 0. The lowest BCUT2D eigenvalue weighted by Gasteiger charge is -2.11. The average Bonchev–Trinajstić information content (AvgIpc) is 3.28. The lowest BCUT2D eigenvalue weighted by molar-refractivity contribution is -0.143. The highest BCUT2D eigenvalue weighted by atomic mass is 16.5. The van der Waals surface area contributed by atoms with Crippen LogP contribution in [0.15, 0.2) is 83.4 Å². The standard InChI is InChI=1S/C31H33NO4/c1-3-35-30(34)21-14-23-12-15-24(16-13-23)25-17-19-27(20-18-25)31-28(22(2)32-36-31)10-7-11-29(33)26-8-5-4-6-9-26/h4-6,8-9,12-13,15-20,29,33H,3,7,10-11,14,21H2,1-2H3. The first kappa shape index (κ1) is 25.4. The number of aliphatic hydroxyl groups excluding tert-OH is 1. The van der Waals surface area contributed by atoms with Gasteiger partial charge >= 0.3 is 5.97 Å². The van der Waals surface area contributed by atoms with Gasteiger partial charge in [0.2, 0.25) is 0 Å². The zero-order valence-electron chi connectivity index (χ0n) is 20.9. The maximum Gasteiger partial charge on any atom is 0.306 e. The maximum atomic E-state index is 11.6. The van der Waals surface area contributed by atoms with Gasteiger partial charge in [-0.2, -0.15) is 0 Å². The highest BCUT2D eigenvalue weighted by Crippen LogP contribution is 2.31. The largest absolute Gasteiger partial charge is 0.466 e. The number of benzene rings is 3. The van der Waals surface area contributed by atoms with Crippen LogP contribution in [0.2, 0.25) is 0 Å².